The Labute approximate surface area is 82.5 Å². The molecule has 2 heterocycles. The van der Waals surface area contributed by atoms with Crippen molar-refractivity contribution in [2.45, 2.75) is 31.2 Å². The second-order valence-electron chi connectivity index (χ2n) is 3.56. The van der Waals surface area contributed by atoms with Crippen LogP contribution in [0.25, 0.3) is 0 Å². The fraction of sp³-hybridized carbons (Fsp3) is 0.750. The van der Waals surface area contributed by atoms with Crippen LogP contribution >= 0.6 is 12.4 Å². The van der Waals surface area contributed by atoms with Crippen molar-refractivity contribution in [3.8, 4) is 0 Å². The monoisotopic (exact) mass is 201 g/mol. The zero-order valence-electron chi connectivity index (χ0n) is 7.19. The Bertz CT molecular complexity index is 293. The topological polar surface area (TPSA) is 51.0 Å². The maximum absolute atomic E-state index is 5.15. The lowest BCUT2D eigenvalue weighted by molar-refractivity contribution is 0.272. The molecule has 1 aromatic heterocycles. The van der Waals surface area contributed by atoms with Gasteiger partial charge >= 0.3 is 0 Å². The minimum atomic E-state index is 0. The minimum Gasteiger partial charge on any atom is -0.338 e. The molecule has 0 spiro atoms. The average molecular weight is 202 g/mol. The molecule has 2 fully saturated rings. The van der Waals surface area contributed by atoms with Crippen LogP contribution in [-0.2, 0) is 0 Å². The second kappa shape index (κ2) is 3.27. The van der Waals surface area contributed by atoms with Crippen LogP contribution in [-0.4, -0.2) is 16.7 Å². The highest BCUT2D eigenvalue weighted by Crippen LogP contribution is 2.38. The van der Waals surface area contributed by atoms with E-state index in [4.69, 9.17) is 4.52 Å². The second-order valence-corrected chi connectivity index (χ2v) is 3.56. The Morgan fingerprint density at radius 2 is 2.08 bits per heavy atom. The molecule has 1 aromatic rings. The third kappa shape index (κ3) is 1.56. The lowest BCUT2D eigenvalue weighted by atomic mass is 10.1. The summed E-state index contributed by atoms with van der Waals surface area (Å²) < 4.78 is 5.15. The Morgan fingerprint density at radius 1 is 1.31 bits per heavy atom. The maximum Gasteiger partial charge on any atom is 0.243 e. The first-order chi connectivity index (χ1) is 5.93. The minimum absolute atomic E-state index is 0. The first-order valence-electron chi connectivity index (χ1n) is 4.50. The molecule has 2 aliphatic rings. The summed E-state index contributed by atoms with van der Waals surface area (Å²) in [5, 5.41) is 7.19. The maximum atomic E-state index is 5.15. The first-order valence-corrected chi connectivity index (χ1v) is 4.50. The van der Waals surface area contributed by atoms with Gasteiger partial charge in [0.1, 0.15) is 0 Å². The third-order valence-corrected chi connectivity index (χ3v) is 2.52. The van der Waals surface area contributed by atoms with Gasteiger partial charge in [0.05, 0.1) is 6.04 Å². The number of halogens is 1. The van der Waals surface area contributed by atoms with E-state index in [0.29, 0.717) is 12.0 Å². The van der Waals surface area contributed by atoms with Crippen LogP contribution in [0.3, 0.4) is 0 Å². The molecule has 3 rings (SSSR count). The first kappa shape index (κ1) is 8.97. The number of aromatic nitrogens is 2. The van der Waals surface area contributed by atoms with Gasteiger partial charge in [-0.2, -0.15) is 4.98 Å². The molecule has 1 aliphatic heterocycles. The quantitative estimate of drug-likeness (QED) is 0.786. The molecule has 13 heavy (non-hydrogen) atoms. The summed E-state index contributed by atoms with van der Waals surface area (Å²) in [6.45, 7) is 1.08. The summed E-state index contributed by atoms with van der Waals surface area (Å²) in [4.78, 5) is 4.35. The average Bonchev–Trinajstić information content (AvgIpc) is 2.70. The van der Waals surface area contributed by atoms with Crippen LogP contribution < -0.4 is 5.32 Å². The van der Waals surface area contributed by atoms with Crippen molar-refractivity contribution in [2.75, 3.05) is 6.54 Å². The van der Waals surface area contributed by atoms with E-state index < -0.39 is 0 Å². The molecule has 72 valence electrons. The zero-order chi connectivity index (χ0) is 7.97. The number of hydrogen-bond acceptors (Lipinski definition) is 4. The molecule has 0 bridgehead atoms. The van der Waals surface area contributed by atoms with E-state index in [1.165, 1.54) is 12.8 Å². The normalized spacial score (nSPS) is 26.3. The summed E-state index contributed by atoms with van der Waals surface area (Å²) in [5.74, 6) is 2.30. The van der Waals surface area contributed by atoms with Crippen molar-refractivity contribution in [1.29, 1.82) is 0 Å². The number of rotatable bonds is 2. The zero-order valence-corrected chi connectivity index (χ0v) is 8.01. The van der Waals surface area contributed by atoms with Gasteiger partial charge in [-0.3, -0.25) is 0 Å². The van der Waals surface area contributed by atoms with E-state index in [0.717, 1.165) is 24.7 Å². The Kier molecular flexibility index (Phi) is 2.26. The third-order valence-electron chi connectivity index (χ3n) is 2.52. The fourth-order valence-electron chi connectivity index (χ4n) is 1.40. The van der Waals surface area contributed by atoms with Crippen molar-refractivity contribution >= 4 is 12.4 Å². The van der Waals surface area contributed by atoms with E-state index in [-0.39, 0.29) is 12.4 Å². The van der Waals surface area contributed by atoms with Gasteiger partial charge in [0.15, 0.2) is 5.82 Å². The summed E-state index contributed by atoms with van der Waals surface area (Å²) >= 11 is 0. The molecule has 0 radical (unpaired) electrons. The summed E-state index contributed by atoms with van der Waals surface area (Å²) in [6.07, 6.45) is 3.60. The van der Waals surface area contributed by atoms with Crippen molar-refractivity contribution in [3.05, 3.63) is 11.7 Å². The predicted octanol–water partition coefficient (Wildman–Crippen LogP) is 1.40. The summed E-state index contributed by atoms with van der Waals surface area (Å²) in [7, 11) is 0. The Balaban J connectivity index is 0.000000653. The van der Waals surface area contributed by atoms with Gasteiger partial charge in [-0.1, -0.05) is 5.16 Å². The highest BCUT2D eigenvalue weighted by atomic mass is 35.5. The van der Waals surface area contributed by atoms with Crippen LogP contribution in [0.2, 0.25) is 0 Å². The molecule has 1 aliphatic carbocycles. The highest BCUT2D eigenvalue weighted by Gasteiger charge is 2.31. The van der Waals surface area contributed by atoms with Crippen LogP contribution in [0.4, 0.5) is 0 Å². The van der Waals surface area contributed by atoms with Gasteiger partial charge in [0.2, 0.25) is 5.89 Å². The fourth-order valence-corrected chi connectivity index (χ4v) is 1.40. The summed E-state index contributed by atoms with van der Waals surface area (Å²) in [5.41, 5.74) is 0. The van der Waals surface area contributed by atoms with Crippen LogP contribution in [0.5, 0.6) is 0 Å². The smallest absolute Gasteiger partial charge is 0.243 e. The van der Waals surface area contributed by atoms with E-state index in [2.05, 4.69) is 15.5 Å². The van der Waals surface area contributed by atoms with Crippen molar-refractivity contribution in [1.82, 2.24) is 15.5 Å². The van der Waals surface area contributed by atoms with Crippen LogP contribution in [0.1, 0.15) is 42.9 Å². The lowest BCUT2D eigenvalue weighted by Gasteiger charge is -2.23. The SMILES string of the molecule is C1C[C@H](c2nc(C3CC3)no2)N1.Cl. The molecule has 0 amide bonds. The van der Waals surface area contributed by atoms with E-state index >= 15 is 0 Å². The van der Waals surface area contributed by atoms with Gasteiger partial charge in [-0.05, 0) is 25.8 Å². The Morgan fingerprint density at radius 3 is 2.62 bits per heavy atom. The van der Waals surface area contributed by atoms with Gasteiger partial charge in [0.25, 0.3) is 0 Å². The van der Waals surface area contributed by atoms with Crippen molar-refractivity contribution in [2.24, 2.45) is 0 Å². The highest BCUT2D eigenvalue weighted by molar-refractivity contribution is 5.85. The van der Waals surface area contributed by atoms with Gasteiger partial charge in [0, 0.05) is 5.92 Å². The molecule has 1 saturated carbocycles. The van der Waals surface area contributed by atoms with Gasteiger partial charge in [-0.15, -0.1) is 12.4 Å². The number of nitrogens with one attached hydrogen (secondary N) is 1. The molecule has 0 aromatic carbocycles. The molecule has 1 saturated heterocycles. The Hall–Kier alpha value is -0.610. The van der Waals surface area contributed by atoms with Crippen LogP contribution in [0, 0.1) is 0 Å². The molecular weight excluding hydrogens is 190 g/mol. The molecule has 1 N–H and O–H groups in total. The van der Waals surface area contributed by atoms with Crippen molar-refractivity contribution < 1.29 is 4.52 Å². The summed E-state index contributed by atoms with van der Waals surface area (Å²) in [6, 6.07) is 0.338. The standard InChI is InChI=1S/C8H11N3O.ClH/c1-2-5(1)7-10-8(12-11-7)6-3-4-9-6;/h5-6,9H,1-4H2;1H/t6-;/m1./s1. The van der Waals surface area contributed by atoms with Gasteiger partial charge < -0.3 is 9.84 Å². The lowest BCUT2D eigenvalue weighted by Crippen LogP contribution is -2.35. The predicted molar refractivity (Wildman–Crippen MR) is 48.9 cm³/mol. The molecule has 0 unspecified atom stereocenters. The van der Waals surface area contributed by atoms with Gasteiger partial charge in [-0.25, -0.2) is 0 Å². The number of nitrogens with zero attached hydrogens (tertiary/aromatic N) is 2. The van der Waals surface area contributed by atoms with Crippen LogP contribution in [0.15, 0.2) is 4.52 Å². The molecule has 5 heteroatoms. The largest absolute Gasteiger partial charge is 0.338 e. The molecule has 4 nitrogen and oxygen atoms in total. The molecule has 1 atom stereocenters. The van der Waals surface area contributed by atoms with E-state index in [9.17, 15) is 0 Å². The molecular formula is C8H12ClN3O. The van der Waals surface area contributed by atoms with E-state index in [1.54, 1.807) is 0 Å². The number of hydrogen-bond donors (Lipinski definition) is 1. The van der Waals surface area contributed by atoms with E-state index in [1.807, 2.05) is 0 Å². The van der Waals surface area contributed by atoms with Crippen molar-refractivity contribution in [3.63, 3.8) is 0 Å².